The molecule has 1 aromatic rings. The molecule has 1 aromatic carbocycles. The van der Waals surface area contributed by atoms with Gasteiger partial charge in [0.1, 0.15) is 5.69 Å². The van der Waals surface area contributed by atoms with Crippen LogP contribution in [0, 0.1) is 10.1 Å². The van der Waals surface area contributed by atoms with Crippen LogP contribution in [0.2, 0.25) is 0 Å². The number of nitro benzene ring substituents is 1. The van der Waals surface area contributed by atoms with Crippen molar-refractivity contribution in [3.8, 4) is 0 Å². The van der Waals surface area contributed by atoms with Gasteiger partial charge in [0, 0.05) is 6.07 Å². The number of hydrogen-bond acceptors (Lipinski definition) is 4. The van der Waals surface area contributed by atoms with Gasteiger partial charge in [0.05, 0.1) is 10.3 Å². The van der Waals surface area contributed by atoms with E-state index in [2.05, 4.69) is 0 Å². The molecule has 0 aromatic heterocycles. The third kappa shape index (κ3) is 2.27. The second-order valence-corrected chi connectivity index (χ2v) is 4.38. The summed E-state index contributed by atoms with van der Waals surface area (Å²) < 4.78 is 0. The topological polar surface area (TPSA) is 106 Å². The van der Waals surface area contributed by atoms with Gasteiger partial charge in [0.15, 0.2) is 0 Å². The molecular formula is C12H16N2O4. The molecule has 0 amide bonds. The van der Waals surface area contributed by atoms with E-state index in [9.17, 15) is 20.0 Å². The average Bonchev–Trinajstić information content (AvgIpc) is 2.28. The number of para-hydroxylation sites is 1. The van der Waals surface area contributed by atoms with Crippen LogP contribution in [-0.4, -0.2) is 16.0 Å². The molecular weight excluding hydrogens is 236 g/mol. The summed E-state index contributed by atoms with van der Waals surface area (Å²) in [5.74, 6) is -1.03. The summed E-state index contributed by atoms with van der Waals surface area (Å²) in [6.07, 6.45) is 1.01. The highest BCUT2D eigenvalue weighted by atomic mass is 16.6. The van der Waals surface area contributed by atoms with Gasteiger partial charge in [-0.05, 0) is 18.9 Å². The lowest BCUT2D eigenvalue weighted by Gasteiger charge is -2.25. The smallest absolute Gasteiger partial charge is 0.313 e. The van der Waals surface area contributed by atoms with Gasteiger partial charge in [0.2, 0.25) is 0 Å². The molecule has 3 N–H and O–H groups in total. The number of aliphatic carboxylic acids is 1. The summed E-state index contributed by atoms with van der Waals surface area (Å²) in [7, 11) is 0. The van der Waals surface area contributed by atoms with Gasteiger partial charge in [-0.15, -0.1) is 0 Å². The number of carboxylic acid groups (broad SMARTS) is 1. The highest BCUT2D eigenvalue weighted by Gasteiger charge is 2.37. The first-order valence-corrected chi connectivity index (χ1v) is 5.61. The van der Waals surface area contributed by atoms with Crippen molar-refractivity contribution in [2.24, 2.45) is 0 Å². The van der Waals surface area contributed by atoms with Crippen LogP contribution in [0.15, 0.2) is 18.2 Å². The number of carboxylic acids is 1. The Morgan fingerprint density at radius 2 is 2.17 bits per heavy atom. The summed E-state index contributed by atoms with van der Waals surface area (Å²) in [6, 6.07) is 4.26. The van der Waals surface area contributed by atoms with Crippen molar-refractivity contribution in [1.82, 2.24) is 0 Å². The van der Waals surface area contributed by atoms with Gasteiger partial charge in [-0.25, -0.2) is 0 Å². The largest absolute Gasteiger partial charge is 0.481 e. The zero-order chi connectivity index (χ0) is 13.9. The average molecular weight is 252 g/mol. The van der Waals surface area contributed by atoms with E-state index in [0.29, 0.717) is 18.4 Å². The normalized spacial score (nSPS) is 13.9. The highest BCUT2D eigenvalue weighted by molar-refractivity contribution is 5.84. The van der Waals surface area contributed by atoms with E-state index >= 15 is 0 Å². The van der Waals surface area contributed by atoms with E-state index in [-0.39, 0.29) is 11.4 Å². The van der Waals surface area contributed by atoms with Gasteiger partial charge in [-0.3, -0.25) is 14.9 Å². The van der Waals surface area contributed by atoms with Crippen LogP contribution in [0.1, 0.15) is 32.3 Å². The van der Waals surface area contributed by atoms with Crippen molar-refractivity contribution in [3.05, 3.63) is 33.9 Å². The minimum absolute atomic E-state index is 0.0687. The molecule has 0 spiro atoms. The molecule has 6 heteroatoms. The standard InChI is InChI=1S/C12H16N2O4/c1-3-7-12(2,11(15)16)8-5-4-6-9(10(8)13)14(17)18/h4-6H,3,7,13H2,1-2H3,(H,15,16). The molecule has 0 radical (unpaired) electrons. The van der Waals surface area contributed by atoms with Gasteiger partial charge in [-0.1, -0.05) is 25.5 Å². The summed E-state index contributed by atoms with van der Waals surface area (Å²) in [6.45, 7) is 3.39. The van der Waals surface area contributed by atoms with Gasteiger partial charge in [-0.2, -0.15) is 0 Å². The maximum absolute atomic E-state index is 11.4. The van der Waals surface area contributed by atoms with E-state index in [1.165, 1.54) is 25.1 Å². The van der Waals surface area contributed by atoms with Crippen molar-refractivity contribution in [2.75, 3.05) is 5.73 Å². The van der Waals surface area contributed by atoms with Crippen LogP contribution < -0.4 is 5.73 Å². The van der Waals surface area contributed by atoms with Crippen LogP contribution >= 0.6 is 0 Å². The number of carbonyl (C=O) groups is 1. The molecule has 0 fully saturated rings. The van der Waals surface area contributed by atoms with Crippen molar-refractivity contribution < 1.29 is 14.8 Å². The Morgan fingerprint density at radius 1 is 1.56 bits per heavy atom. The number of benzene rings is 1. The lowest BCUT2D eigenvalue weighted by molar-refractivity contribution is -0.384. The molecule has 1 atom stereocenters. The molecule has 0 aliphatic carbocycles. The summed E-state index contributed by atoms with van der Waals surface area (Å²) in [5.41, 5.74) is 4.50. The SMILES string of the molecule is CCCC(C)(C(=O)O)c1cccc([N+](=O)[O-])c1N. The fraction of sp³-hybridized carbons (Fsp3) is 0.417. The zero-order valence-electron chi connectivity index (χ0n) is 10.3. The number of nitro groups is 1. The molecule has 18 heavy (non-hydrogen) atoms. The molecule has 0 bridgehead atoms. The summed E-state index contributed by atoms with van der Waals surface area (Å²) in [5, 5.41) is 20.2. The number of nitrogens with two attached hydrogens (primary N) is 1. The molecule has 0 aliphatic heterocycles. The van der Waals surface area contributed by atoms with E-state index < -0.39 is 16.3 Å². The molecule has 6 nitrogen and oxygen atoms in total. The molecule has 0 aliphatic rings. The molecule has 1 rings (SSSR count). The molecule has 98 valence electrons. The molecule has 0 saturated carbocycles. The third-order valence-corrected chi connectivity index (χ3v) is 3.10. The van der Waals surface area contributed by atoms with E-state index in [0.717, 1.165) is 0 Å². The van der Waals surface area contributed by atoms with Crippen molar-refractivity contribution in [1.29, 1.82) is 0 Å². The highest BCUT2D eigenvalue weighted by Crippen LogP contribution is 2.37. The van der Waals surface area contributed by atoms with Crippen LogP contribution in [0.4, 0.5) is 11.4 Å². The fourth-order valence-corrected chi connectivity index (χ4v) is 2.05. The van der Waals surface area contributed by atoms with Crippen molar-refractivity contribution >= 4 is 17.3 Å². The second kappa shape index (κ2) is 5.03. The summed E-state index contributed by atoms with van der Waals surface area (Å²) >= 11 is 0. The maximum Gasteiger partial charge on any atom is 0.313 e. The first-order valence-electron chi connectivity index (χ1n) is 5.61. The fourth-order valence-electron chi connectivity index (χ4n) is 2.05. The van der Waals surface area contributed by atoms with Gasteiger partial charge < -0.3 is 10.8 Å². The maximum atomic E-state index is 11.4. The minimum atomic E-state index is -1.20. The minimum Gasteiger partial charge on any atom is -0.481 e. The Bertz CT molecular complexity index is 487. The Hall–Kier alpha value is -2.11. The molecule has 0 saturated heterocycles. The van der Waals surface area contributed by atoms with E-state index in [1.54, 1.807) is 0 Å². The number of anilines is 1. The number of nitrogens with zero attached hydrogens (tertiary/aromatic N) is 1. The number of hydrogen-bond donors (Lipinski definition) is 2. The van der Waals surface area contributed by atoms with Gasteiger partial charge >= 0.3 is 5.97 Å². The quantitative estimate of drug-likeness (QED) is 0.475. The van der Waals surface area contributed by atoms with E-state index in [4.69, 9.17) is 5.73 Å². The molecule has 1 unspecified atom stereocenters. The van der Waals surface area contributed by atoms with E-state index in [1.807, 2.05) is 6.92 Å². The monoisotopic (exact) mass is 252 g/mol. The lowest BCUT2D eigenvalue weighted by Crippen LogP contribution is -2.33. The van der Waals surface area contributed by atoms with Crippen molar-refractivity contribution in [3.63, 3.8) is 0 Å². The lowest BCUT2D eigenvalue weighted by atomic mass is 9.77. The first kappa shape index (κ1) is 14.0. The van der Waals surface area contributed by atoms with Gasteiger partial charge in [0.25, 0.3) is 5.69 Å². The van der Waals surface area contributed by atoms with Crippen molar-refractivity contribution in [2.45, 2.75) is 32.1 Å². The zero-order valence-corrected chi connectivity index (χ0v) is 10.3. The van der Waals surface area contributed by atoms with Crippen LogP contribution in [0.25, 0.3) is 0 Å². The van der Waals surface area contributed by atoms with Crippen LogP contribution in [-0.2, 0) is 10.2 Å². The van der Waals surface area contributed by atoms with Crippen LogP contribution in [0.5, 0.6) is 0 Å². The second-order valence-electron chi connectivity index (χ2n) is 4.38. The predicted octanol–water partition coefficient (Wildman–Crippen LogP) is 2.32. The number of rotatable bonds is 5. The Balaban J connectivity index is 3.43. The third-order valence-electron chi connectivity index (χ3n) is 3.10. The first-order chi connectivity index (χ1) is 8.34. The Labute approximate surface area is 105 Å². The Morgan fingerprint density at radius 3 is 2.61 bits per heavy atom. The summed E-state index contributed by atoms with van der Waals surface area (Å²) in [4.78, 5) is 21.6. The number of nitrogen functional groups attached to an aromatic ring is 1. The predicted molar refractivity (Wildman–Crippen MR) is 67.4 cm³/mol. The van der Waals surface area contributed by atoms with Crippen LogP contribution in [0.3, 0.4) is 0 Å². The Kier molecular flexibility index (Phi) is 3.90. The molecule has 0 heterocycles.